The molecule has 0 saturated carbocycles. The van der Waals surface area contributed by atoms with Crippen LogP contribution in [0.15, 0.2) is 12.1 Å². The molecule has 0 aliphatic carbocycles. The fourth-order valence-electron chi connectivity index (χ4n) is 2.25. The molecule has 1 amide bonds. The highest BCUT2D eigenvalue weighted by Crippen LogP contribution is 2.35. The van der Waals surface area contributed by atoms with E-state index >= 15 is 0 Å². The maximum Gasteiger partial charge on any atom is 0.247 e. The zero-order valence-corrected chi connectivity index (χ0v) is 9.11. The fraction of sp³-hybridized carbons (Fsp3) is 0.400. The van der Waals surface area contributed by atoms with E-state index in [4.69, 9.17) is 11.6 Å². The molecule has 2 atom stereocenters. The zero-order chi connectivity index (χ0) is 11.3. The van der Waals surface area contributed by atoms with Gasteiger partial charge in [0.25, 0.3) is 0 Å². The molecule has 1 aromatic rings. The van der Waals surface area contributed by atoms with Gasteiger partial charge in [-0.25, -0.2) is 4.98 Å². The van der Waals surface area contributed by atoms with Crippen LogP contribution >= 0.6 is 11.6 Å². The molecular weight excluding hydrogens is 230 g/mol. The minimum absolute atomic E-state index is 0.0897. The molecule has 2 aliphatic heterocycles. The number of carbonyl (C=O) groups excluding carboxylic acids is 1. The van der Waals surface area contributed by atoms with Gasteiger partial charge in [-0.05, 0) is 12.1 Å². The van der Waals surface area contributed by atoms with Crippen molar-refractivity contribution in [3.05, 3.63) is 17.3 Å². The maximum atomic E-state index is 11.7. The van der Waals surface area contributed by atoms with Gasteiger partial charge >= 0.3 is 0 Å². The highest BCUT2D eigenvalue weighted by atomic mass is 35.5. The summed E-state index contributed by atoms with van der Waals surface area (Å²) >= 11 is 5.83. The molecule has 3 rings (SSSR count). The Labute approximate surface area is 97.0 Å². The summed E-state index contributed by atoms with van der Waals surface area (Å²) in [5.41, 5.74) is 0.653. The number of hydrogen-bond donors (Lipinski definition) is 2. The lowest BCUT2D eigenvalue weighted by atomic mass is 10.1. The van der Waals surface area contributed by atoms with E-state index in [1.54, 1.807) is 12.1 Å². The average molecular weight is 240 g/mol. The van der Waals surface area contributed by atoms with E-state index in [2.05, 4.69) is 10.3 Å². The van der Waals surface area contributed by atoms with Crippen molar-refractivity contribution in [3.8, 4) is 0 Å². The Morgan fingerprint density at radius 1 is 1.56 bits per heavy atom. The van der Waals surface area contributed by atoms with E-state index in [9.17, 15) is 9.90 Å². The van der Waals surface area contributed by atoms with Crippen LogP contribution in [0.1, 0.15) is 6.42 Å². The first-order chi connectivity index (χ1) is 7.65. The molecule has 6 heteroatoms. The van der Waals surface area contributed by atoms with Gasteiger partial charge in [0.15, 0.2) is 5.82 Å². The zero-order valence-electron chi connectivity index (χ0n) is 8.35. The summed E-state index contributed by atoms with van der Waals surface area (Å²) in [7, 11) is 0. The first-order valence-corrected chi connectivity index (χ1v) is 5.45. The molecular formula is C10H10ClN3O2. The molecule has 84 valence electrons. The molecule has 5 nitrogen and oxygen atoms in total. The molecule has 2 aliphatic rings. The SMILES string of the molecule is O=C1Nc2ccc(Cl)nc2N2CC(O)CC12. The van der Waals surface area contributed by atoms with Gasteiger partial charge in [0.1, 0.15) is 11.2 Å². The highest BCUT2D eigenvalue weighted by Gasteiger charge is 2.41. The van der Waals surface area contributed by atoms with Crippen LogP contribution in [-0.2, 0) is 4.79 Å². The topological polar surface area (TPSA) is 65.5 Å². The van der Waals surface area contributed by atoms with Gasteiger partial charge < -0.3 is 15.3 Å². The summed E-state index contributed by atoms with van der Waals surface area (Å²) in [6, 6.07) is 3.03. The number of carbonyl (C=O) groups is 1. The molecule has 0 bridgehead atoms. The summed E-state index contributed by atoms with van der Waals surface area (Å²) in [5, 5.41) is 12.7. The summed E-state index contributed by atoms with van der Waals surface area (Å²) in [4.78, 5) is 17.7. The van der Waals surface area contributed by atoms with Gasteiger partial charge in [-0.2, -0.15) is 0 Å². The molecule has 1 aromatic heterocycles. The van der Waals surface area contributed by atoms with Crippen molar-refractivity contribution in [1.82, 2.24) is 4.98 Å². The smallest absolute Gasteiger partial charge is 0.247 e. The largest absolute Gasteiger partial charge is 0.391 e. The van der Waals surface area contributed by atoms with Crippen molar-refractivity contribution in [1.29, 1.82) is 0 Å². The number of nitrogens with one attached hydrogen (secondary N) is 1. The number of aliphatic hydroxyl groups excluding tert-OH is 1. The lowest BCUT2D eigenvalue weighted by Gasteiger charge is -2.31. The normalized spacial score (nSPS) is 27.4. The Morgan fingerprint density at radius 3 is 3.19 bits per heavy atom. The van der Waals surface area contributed by atoms with Crippen LogP contribution in [0.5, 0.6) is 0 Å². The molecule has 16 heavy (non-hydrogen) atoms. The number of hydrogen-bond acceptors (Lipinski definition) is 4. The van der Waals surface area contributed by atoms with Gasteiger partial charge in [-0.1, -0.05) is 11.6 Å². The van der Waals surface area contributed by atoms with Gasteiger partial charge in [0.05, 0.1) is 11.8 Å². The van der Waals surface area contributed by atoms with Gasteiger partial charge in [0, 0.05) is 13.0 Å². The van der Waals surface area contributed by atoms with Crippen LogP contribution in [0.4, 0.5) is 11.5 Å². The van der Waals surface area contributed by atoms with E-state index in [1.807, 2.05) is 4.90 Å². The molecule has 2 unspecified atom stereocenters. The molecule has 0 radical (unpaired) electrons. The quantitative estimate of drug-likeness (QED) is 0.652. The van der Waals surface area contributed by atoms with Crippen molar-refractivity contribution in [2.45, 2.75) is 18.6 Å². The second-order valence-corrected chi connectivity index (χ2v) is 4.44. The monoisotopic (exact) mass is 239 g/mol. The van der Waals surface area contributed by atoms with Crippen LogP contribution in [0.2, 0.25) is 5.15 Å². The first kappa shape index (κ1) is 9.86. The van der Waals surface area contributed by atoms with Gasteiger partial charge in [0.2, 0.25) is 5.91 Å². The van der Waals surface area contributed by atoms with E-state index in [0.29, 0.717) is 29.6 Å². The molecule has 0 aromatic carbocycles. The third kappa shape index (κ3) is 1.36. The second-order valence-electron chi connectivity index (χ2n) is 4.05. The summed E-state index contributed by atoms with van der Waals surface area (Å²) in [6.45, 7) is 0.429. The Kier molecular flexibility index (Phi) is 2.05. The molecule has 3 heterocycles. The molecule has 0 spiro atoms. The third-order valence-corrected chi connectivity index (χ3v) is 3.16. The number of halogens is 1. The number of rotatable bonds is 0. The number of fused-ring (bicyclic) bond motifs is 3. The fourth-order valence-corrected chi connectivity index (χ4v) is 2.40. The average Bonchev–Trinajstić information content (AvgIpc) is 2.62. The lowest BCUT2D eigenvalue weighted by Crippen LogP contribution is -2.44. The second kappa shape index (κ2) is 3.33. The predicted octanol–water partition coefficient (Wildman–Crippen LogP) is 0.627. The Bertz CT molecular complexity index is 465. The standard InChI is InChI=1S/C10H10ClN3O2/c11-8-2-1-6-9(13-8)14-4-5(15)3-7(14)10(16)12-6/h1-2,5,7,15H,3-4H2,(H,12,16). The Hall–Kier alpha value is -1.33. The number of amides is 1. The number of aromatic nitrogens is 1. The van der Waals surface area contributed by atoms with Crippen LogP contribution in [0, 0.1) is 0 Å². The van der Waals surface area contributed by atoms with Crippen molar-refractivity contribution in [2.24, 2.45) is 0 Å². The molecule has 2 N–H and O–H groups in total. The maximum absolute atomic E-state index is 11.7. The highest BCUT2D eigenvalue weighted by molar-refractivity contribution is 6.29. The van der Waals surface area contributed by atoms with Crippen LogP contribution in [0.25, 0.3) is 0 Å². The minimum Gasteiger partial charge on any atom is -0.391 e. The number of nitrogens with zero attached hydrogens (tertiary/aromatic N) is 2. The lowest BCUT2D eigenvalue weighted by molar-refractivity contribution is -0.117. The van der Waals surface area contributed by atoms with Crippen molar-refractivity contribution < 1.29 is 9.90 Å². The van der Waals surface area contributed by atoms with E-state index in [1.165, 1.54) is 0 Å². The van der Waals surface area contributed by atoms with Gasteiger partial charge in [-0.15, -0.1) is 0 Å². The van der Waals surface area contributed by atoms with Crippen LogP contribution in [-0.4, -0.2) is 34.7 Å². The van der Waals surface area contributed by atoms with Crippen molar-refractivity contribution in [3.63, 3.8) is 0 Å². The first-order valence-electron chi connectivity index (χ1n) is 5.07. The van der Waals surface area contributed by atoms with Crippen LogP contribution < -0.4 is 10.2 Å². The summed E-state index contributed by atoms with van der Waals surface area (Å²) < 4.78 is 0. The summed E-state index contributed by atoms with van der Waals surface area (Å²) in [6.07, 6.45) is -0.0399. The van der Waals surface area contributed by atoms with Gasteiger partial charge in [-0.3, -0.25) is 4.79 Å². The van der Waals surface area contributed by atoms with E-state index in [0.717, 1.165) is 0 Å². The molecule has 1 fully saturated rings. The third-order valence-electron chi connectivity index (χ3n) is 2.95. The number of anilines is 2. The van der Waals surface area contributed by atoms with E-state index < -0.39 is 6.10 Å². The Morgan fingerprint density at radius 2 is 2.38 bits per heavy atom. The Balaban J connectivity index is 2.09. The summed E-state index contributed by atoms with van der Waals surface area (Å²) in [5.74, 6) is 0.557. The number of aliphatic hydroxyl groups is 1. The minimum atomic E-state index is -0.484. The van der Waals surface area contributed by atoms with Crippen molar-refractivity contribution >= 4 is 29.0 Å². The van der Waals surface area contributed by atoms with Crippen LogP contribution in [0.3, 0.4) is 0 Å². The predicted molar refractivity (Wildman–Crippen MR) is 59.6 cm³/mol. The van der Waals surface area contributed by atoms with E-state index in [-0.39, 0.29) is 11.9 Å². The number of pyridine rings is 1. The molecule has 1 saturated heterocycles. The van der Waals surface area contributed by atoms with Crippen molar-refractivity contribution in [2.75, 3.05) is 16.8 Å².